The summed E-state index contributed by atoms with van der Waals surface area (Å²) in [5.74, 6) is -0.906. The molecule has 1 rings (SSSR count). The smallest absolute Gasteiger partial charge is 0.330 e. The standard InChI is InChI=1S/C10H8BrFO2/c1-14-9(13)6-5-7-3-2-4-8(11)10(7)12/h2-6H,1H3/b6-5+. The van der Waals surface area contributed by atoms with Gasteiger partial charge in [-0.25, -0.2) is 9.18 Å². The Bertz CT molecular complexity index is 374. The molecule has 2 nitrogen and oxygen atoms in total. The first kappa shape index (κ1) is 10.9. The van der Waals surface area contributed by atoms with E-state index in [2.05, 4.69) is 20.7 Å². The lowest BCUT2D eigenvalue weighted by Gasteiger charge is -1.98. The molecule has 0 radical (unpaired) electrons. The van der Waals surface area contributed by atoms with E-state index in [0.29, 0.717) is 10.0 Å². The van der Waals surface area contributed by atoms with Crippen LogP contribution in [0.15, 0.2) is 28.7 Å². The van der Waals surface area contributed by atoms with E-state index >= 15 is 0 Å². The third-order valence-electron chi connectivity index (χ3n) is 1.58. The van der Waals surface area contributed by atoms with Crippen LogP contribution in [-0.2, 0) is 9.53 Å². The Morgan fingerprint density at radius 2 is 2.29 bits per heavy atom. The molecule has 0 saturated carbocycles. The van der Waals surface area contributed by atoms with Crippen molar-refractivity contribution in [3.63, 3.8) is 0 Å². The number of carbonyl (C=O) groups is 1. The van der Waals surface area contributed by atoms with Crippen molar-refractivity contribution in [3.8, 4) is 0 Å². The van der Waals surface area contributed by atoms with Gasteiger partial charge in [-0.2, -0.15) is 0 Å². The highest BCUT2D eigenvalue weighted by Gasteiger charge is 2.02. The number of hydrogen-bond donors (Lipinski definition) is 0. The van der Waals surface area contributed by atoms with Crippen molar-refractivity contribution in [3.05, 3.63) is 40.1 Å². The lowest BCUT2D eigenvalue weighted by molar-refractivity contribution is -0.134. The Hall–Kier alpha value is -1.16. The lowest BCUT2D eigenvalue weighted by Crippen LogP contribution is -1.93. The molecule has 0 fully saturated rings. The summed E-state index contributed by atoms with van der Waals surface area (Å²) < 4.78 is 18.1. The van der Waals surface area contributed by atoms with Gasteiger partial charge >= 0.3 is 5.97 Å². The molecule has 0 aromatic heterocycles. The molecular formula is C10H8BrFO2. The molecule has 14 heavy (non-hydrogen) atoms. The van der Waals surface area contributed by atoms with Gasteiger partial charge < -0.3 is 4.74 Å². The highest BCUT2D eigenvalue weighted by Crippen LogP contribution is 2.19. The quantitative estimate of drug-likeness (QED) is 0.603. The van der Waals surface area contributed by atoms with Crippen LogP contribution in [0.25, 0.3) is 6.08 Å². The van der Waals surface area contributed by atoms with E-state index in [1.807, 2.05) is 0 Å². The average Bonchev–Trinajstić information content (AvgIpc) is 2.20. The number of carbonyl (C=O) groups excluding carboxylic acids is 1. The summed E-state index contributed by atoms with van der Waals surface area (Å²) in [5.41, 5.74) is 0.338. The largest absolute Gasteiger partial charge is 0.466 e. The fourth-order valence-electron chi connectivity index (χ4n) is 0.875. The Morgan fingerprint density at radius 1 is 1.57 bits per heavy atom. The average molecular weight is 259 g/mol. The molecule has 1 aromatic carbocycles. The number of benzene rings is 1. The van der Waals surface area contributed by atoms with Crippen LogP contribution in [0, 0.1) is 5.82 Å². The second-order valence-corrected chi connectivity index (χ2v) is 3.35. The molecule has 0 unspecified atom stereocenters. The lowest BCUT2D eigenvalue weighted by atomic mass is 10.2. The minimum atomic E-state index is -0.510. The summed E-state index contributed by atoms with van der Waals surface area (Å²) in [6.07, 6.45) is 2.54. The summed E-state index contributed by atoms with van der Waals surface area (Å²) in [4.78, 5) is 10.7. The Morgan fingerprint density at radius 3 is 2.93 bits per heavy atom. The van der Waals surface area contributed by atoms with Gasteiger partial charge in [0.2, 0.25) is 0 Å². The van der Waals surface area contributed by atoms with E-state index in [1.54, 1.807) is 18.2 Å². The zero-order chi connectivity index (χ0) is 10.6. The van der Waals surface area contributed by atoms with Gasteiger partial charge in [-0.1, -0.05) is 12.1 Å². The van der Waals surface area contributed by atoms with E-state index in [9.17, 15) is 9.18 Å². The predicted octanol–water partition coefficient (Wildman–Crippen LogP) is 2.77. The van der Waals surface area contributed by atoms with Crippen LogP contribution >= 0.6 is 15.9 Å². The van der Waals surface area contributed by atoms with Crippen LogP contribution in [-0.4, -0.2) is 13.1 Å². The summed E-state index contributed by atoms with van der Waals surface area (Å²) >= 11 is 3.05. The third-order valence-corrected chi connectivity index (χ3v) is 2.19. The van der Waals surface area contributed by atoms with E-state index < -0.39 is 11.8 Å². The Labute approximate surface area is 89.5 Å². The molecule has 0 aliphatic carbocycles. The second-order valence-electron chi connectivity index (χ2n) is 2.50. The first-order chi connectivity index (χ1) is 6.65. The molecule has 0 saturated heterocycles. The topological polar surface area (TPSA) is 26.3 Å². The van der Waals surface area contributed by atoms with Crippen LogP contribution in [0.4, 0.5) is 4.39 Å². The van der Waals surface area contributed by atoms with Gasteiger partial charge in [-0.05, 0) is 28.1 Å². The van der Waals surface area contributed by atoms with Crippen molar-refractivity contribution < 1.29 is 13.9 Å². The normalized spacial score (nSPS) is 10.5. The van der Waals surface area contributed by atoms with Gasteiger partial charge in [0.1, 0.15) is 5.82 Å². The predicted molar refractivity (Wildman–Crippen MR) is 55.2 cm³/mol. The van der Waals surface area contributed by atoms with Crippen LogP contribution in [0.3, 0.4) is 0 Å². The van der Waals surface area contributed by atoms with Crippen molar-refractivity contribution in [1.82, 2.24) is 0 Å². The molecule has 0 aliphatic heterocycles. The summed E-state index contributed by atoms with van der Waals surface area (Å²) in [5, 5.41) is 0. The number of hydrogen-bond acceptors (Lipinski definition) is 2. The van der Waals surface area contributed by atoms with Gasteiger partial charge in [0.15, 0.2) is 0 Å². The monoisotopic (exact) mass is 258 g/mol. The molecule has 74 valence electrons. The van der Waals surface area contributed by atoms with E-state index in [-0.39, 0.29) is 0 Å². The minimum Gasteiger partial charge on any atom is -0.466 e. The fourth-order valence-corrected chi connectivity index (χ4v) is 1.26. The molecule has 4 heteroatoms. The van der Waals surface area contributed by atoms with Crippen molar-refractivity contribution in [2.75, 3.05) is 7.11 Å². The maximum absolute atomic E-state index is 13.3. The van der Waals surface area contributed by atoms with Crippen molar-refractivity contribution in [2.45, 2.75) is 0 Å². The maximum Gasteiger partial charge on any atom is 0.330 e. The zero-order valence-electron chi connectivity index (χ0n) is 7.46. The first-order valence-electron chi connectivity index (χ1n) is 3.85. The molecule has 0 spiro atoms. The van der Waals surface area contributed by atoms with Gasteiger partial charge in [-0.15, -0.1) is 0 Å². The van der Waals surface area contributed by atoms with Crippen LogP contribution in [0.5, 0.6) is 0 Å². The maximum atomic E-state index is 13.3. The molecular weight excluding hydrogens is 251 g/mol. The number of rotatable bonds is 2. The van der Waals surface area contributed by atoms with Gasteiger partial charge in [-0.3, -0.25) is 0 Å². The van der Waals surface area contributed by atoms with Gasteiger partial charge in [0.05, 0.1) is 11.6 Å². The van der Waals surface area contributed by atoms with Crippen LogP contribution in [0.1, 0.15) is 5.56 Å². The second kappa shape index (κ2) is 4.91. The van der Waals surface area contributed by atoms with E-state index in [0.717, 1.165) is 0 Å². The molecule has 1 aromatic rings. The summed E-state index contributed by atoms with van der Waals surface area (Å²) in [6, 6.07) is 4.84. The van der Waals surface area contributed by atoms with E-state index in [1.165, 1.54) is 19.3 Å². The van der Waals surface area contributed by atoms with Gasteiger partial charge in [0.25, 0.3) is 0 Å². The molecule has 0 aliphatic rings. The van der Waals surface area contributed by atoms with Crippen molar-refractivity contribution in [1.29, 1.82) is 0 Å². The minimum absolute atomic E-state index is 0.338. The third kappa shape index (κ3) is 2.67. The highest BCUT2D eigenvalue weighted by molar-refractivity contribution is 9.10. The molecule has 0 heterocycles. The van der Waals surface area contributed by atoms with Gasteiger partial charge in [0, 0.05) is 11.6 Å². The zero-order valence-corrected chi connectivity index (χ0v) is 9.05. The Kier molecular flexibility index (Phi) is 3.83. The molecule has 0 amide bonds. The first-order valence-corrected chi connectivity index (χ1v) is 4.64. The summed E-state index contributed by atoms with van der Waals surface area (Å²) in [6.45, 7) is 0. The summed E-state index contributed by atoms with van der Waals surface area (Å²) in [7, 11) is 1.27. The number of esters is 1. The van der Waals surface area contributed by atoms with Crippen LogP contribution < -0.4 is 0 Å². The highest BCUT2D eigenvalue weighted by atomic mass is 79.9. The molecule has 0 bridgehead atoms. The molecule has 0 N–H and O–H groups in total. The Balaban J connectivity index is 2.92. The van der Waals surface area contributed by atoms with Crippen molar-refractivity contribution >= 4 is 28.0 Å². The number of halogens is 2. The SMILES string of the molecule is COC(=O)/C=C/c1cccc(Br)c1F. The van der Waals surface area contributed by atoms with Crippen LogP contribution in [0.2, 0.25) is 0 Å². The number of ether oxygens (including phenoxy) is 1. The van der Waals surface area contributed by atoms with E-state index in [4.69, 9.17) is 0 Å². The number of methoxy groups -OCH3 is 1. The fraction of sp³-hybridized carbons (Fsp3) is 0.100. The molecule has 0 atom stereocenters. The van der Waals surface area contributed by atoms with Crippen molar-refractivity contribution in [2.24, 2.45) is 0 Å².